The van der Waals surface area contributed by atoms with E-state index in [1.807, 2.05) is 19.9 Å². The molecule has 0 saturated carbocycles. The lowest BCUT2D eigenvalue weighted by atomic mass is 10.2. The lowest BCUT2D eigenvalue weighted by Gasteiger charge is -2.05. The molecule has 2 heterocycles. The molecule has 0 aromatic carbocycles. The van der Waals surface area contributed by atoms with Crippen molar-refractivity contribution in [2.75, 3.05) is 11.1 Å². The average molecular weight is 324 g/mol. The van der Waals surface area contributed by atoms with Crippen LogP contribution in [-0.4, -0.2) is 21.1 Å². The van der Waals surface area contributed by atoms with Gasteiger partial charge in [-0.2, -0.15) is 5.10 Å². The largest absolute Gasteiger partial charge is 0.395 e. The molecule has 0 unspecified atom stereocenters. The minimum atomic E-state index is -0.373. The third kappa shape index (κ3) is 2.76. The number of pyridine rings is 1. The molecule has 100 valence electrons. The summed E-state index contributed by atoms with van der Waals surface area (Å²) in [5, 5.41) is 9.34. The minimum Gasteiger partial charge on any atom is -0.395 e. The Morgan fingerprint density at radius 2 is 2.26 bits per heavy atom. The van der Waals surface area contributed by atoms with E-state index in [0.29, 0.717) is 17.9 Å². The lowest BCUT2D eigenvalue weighted by Crippen LogP contribution is -2.15. The van der Waals surface area contributed by atoms with Gasteiger partial charge >= 0.3 is 0 Å². The van der Waals surface area contributed by atoms with Gasteiger partial charge in [-0.05, 0) is 41.4 Å². The Hall–Kier alpha value is -1.89. The number of nitrogens with two attached hydrogens (primary N) is 1. The second-order valence-electron chi connectivity index (χ2n) is 4.04. The average Bonchev–Trinajstić information content (AvgIpc) is 2.75. The van der Waals surface area contributed by atoms with Crippen LogP contribution in [0, 0.1) is 6.92 Å². The Morgan fingerprint density at radius 3 is 2.84 bits per heavy atom. The van der Waals surface area contributed by atoms with Crippen molar-refractivity contribution in [1.82, 2.24) is 15.2 Å². The monoisotopic (exact) mass is 323 g/mol. The van der Waals surface area contributed by atoms with Crippen molar-refractivity contribution in [3.63, 3.8) is 0 Å². The molecule has 0 aliphatic carbocycles. The molecule has 4 N–H and O–H groups in total. The summed E-state index contributed by atoms with van der Waals surface area (Å²) in [5.74, 6) is 0.0915. The molecular weight excluding hydrogens is 310 g/mol. The fourth-order valence-electron chi connectivity index (χ4n) is 1.62. The van der Waals surface area contributed by atoms with Crippen LogP contribution in [-0.2, 0) is 6.42 Å². The summed E-state index contributed by atoms with van der Waals surface area (Å²) in [6.07, 6.45) is 0.696. The predicted molar refractivity (Wildman–Crippen MR) is 77.0 cm³/mol. The number of nitrogen functional groups attached to an aromatic ring is 1. The fraction of sp³-hybridized carbons (Fsp3) is 0.250. The van der Waals surface area contributed by atoms with E-state index in [4.69, 9.17) is 5.73 Å². The quantitative estimate of drug-likeness (QED) is 0.807. The highest BCUT2D eigenvalue weighted by Crippen LogP contribution is 2.18. The first kappa shape index (κ1) is 13.5. The van der Waals surface area contributed by atoms with Crippen LogP contribution in [0.3, 0.4) is 0 Å². The molecule has 19 heavy (non-hydrogen) atoms. The second kappa shape index (κ2) is 5.40. The number of carbonyl (C=O) groups excluding carboxylic acids is 1. The van der Waals surface area contributed by atoms with Gasteiger partial charge in [0.1, 0.15) is 5.82 Å². The van der Waals surface area contributed by atoms with Crippen LogP contribution in [0.4, 0.5) is 11.5 Å². The fourth-order valence-corrected chi connectivity index (χ4v) is 1.84. The molecular formula is C12H14BrN5O. The zero-order valence-corrected chi connectivity index (χ0v) is 12.2. The maximum absolute atomic E-state index is 12.0. The zero-order chi connectivity index (χ0) is 14.0. The number of aryl methyl sites for hydroxylation is 2. The second-order valence-corrected chi connectivity index (χ2v) is 4.89. The van der Waals surface area contributed by atoms with Gasteiger partial charge in [0, 0.05) is 4.47 Å². The van der Waals surface area contributed by atoms with Crippen molar-refractivity contribution < 1.29 is 4.79 Å². The number of hydrogen-bond acceptors (Lipinski definition) is 4. The first-order valence-electron chi connectivity index (χ1n) is 5.80. The van der Waals surface area contributed by atoms with Crippen molar-refractivity contribution in [3.8, 4) is 0 Å². The van der Waals surface area contributed by atoms with E-state index in [1.165, 1.54) is 0 Å². The molecule has 0 spiro atoms. The topological polar surface area (TPSA) is 96.7 Å². The summed E-state index contributed by atoms with van der Waals surface area (Å²) in [7, 11) is 0. The Morgan fingerprint density at radius 1 is 1.53 bits per heavy atom. The number of nitrogens with zero attached hydrogens (tertiary/aromatic N) is 2. The molecule has 0 aliphatic heterocycles. The summed E-state index contributed by atoms with van der Waals surface area (Å²) in [4.78, 5) is 16.3. The molecule has 1 amide bonds. The number of H-pyrrole nitrogens is 1. The van der Waals surface area contributed by atoms with Gasteiger partial charge < -0.3 is 11.1 Å². The van der Waals surface area contributed by atoms with Crippen molar-refractivity contribution in [2.24, 2.45) is 0 Å². The maximum Gasteiger partial charge on any atom is 0.279 e. The Balaban J connectivity index is 2.20. The van der Waals surface area contributed by atoms with Crippen LogP contribution in [0.1, 0.15) is 28.8 Å². The van der Waals surface area contributed by atoms with Gasteiger partial charge in [-0.25, -0.2) is 4.98 Å². The zero-order valence-electron chi connectivity index (χ0n) is 10.6. The molecule has 0 aliphatic rings. The van der Waals surface area contributed by atoms with Crippen molar-refractivity contribution in [3.05, 3.63) is 33.7 Å². The number of rotatable bonds is 3. The molecule has 7 heteroatoms. The van der Waals surface area contributed by atoms with Crippen LogP contribution in [0.15, 0.2) is 16.6 Å². The first-order chi connectivity index (χ1) is 9.02. The summed E-state index contributed by atoms with van der Waals surface area (Å²) < 4.78 is 0.887. The van der Waals surface area contributed by atoms with Gasteiger partial charge in [-0.1, -0.05) is 6.92 Å². The number of aromatic amines is 1. The van der Waals surface area contributed by atoms with Crippen LogP contribution in [0.2, 0.25) is 0 Å². The minimum absolute atomic E-state index is 0.194. The molecule has 0 atom stereocenters. The molecule has 0 bridgehead atoms. The van der Waals surface area contributed by atoms with Crippen molar-refractivity contribution in [2.45, 2.75) is 20.3 Å². The summed E-state index contributed by atoms with van der Waals surface area (Å²) in [6.45, 7) is 3.78. The molecule has 0 saturated heterocycles. The Labute approximate surface area is 118 Å². The van der Waals surface area contributed by atoms with E-state index >= 15 is 0 Å². The maximum atomic E-state index is 12.0. The third-order valence-electron chi connectivity index (χ3n) is 2.71. The summed E-state index contributed by atoms with van der Waals surface area (Å²) in [5.41, 5.74) is 7.97. The number of carbonyl (C=O) groups is 1. The van der Waals surface area contributed by atoms with Crippen LogP contribution in [0.5, 0.6) is 0 Å². The SMILES string of the molecule is CCc1[nH]nc(C(=O)Nc2ccc(Br)c(C)n2)c1N. The van der Waals surface area contributed by atoms with E-state index in [-0.39, 0.29) is 11.6 Å². The first-order valence-corrected chi connectivity index (χ1v) is 6.59. The summed E-state index contributed by atoms with van der Waals surface area (Å²) >= 11 is 3.35. The molecule has 2 aromatic heterocycles. The van der Waals surface area contributed by atoms with Gasteiger partial charge in [0.15, 0.2) is 5.69 Å². The van der Waals surface area contributed by atoms with E-state index in [9.17, 15) is 4.79 Å². The summed E-state index contributed by atoms with van der Waals surface area (Å²) in [6, 6.07) is 3.53. The van der Waals surface area contributed by atoms with Crippen LogP contribution >= 0.6 is 15.9 Å². The van der Waals surface area contributed by atoms with Crippen LogP contribution < -0.4 is 11.1 Å². The smallest absolute Gasteiger partial charge is 0.279 e. The van der Waals surface area contributed by atoms with Gasteiger partial charge in [-0.15, -0.1) is 0 Å². The Bertz CT molecular complexity index is 623. The highest BCUT2D eigenvalue weighted by molar-refractivity contribution is 9.10. The standard InChI is InChI=1S/C12H14BrN5O/c1-3-8-10(14)11(18-17-8)12(19)16-9-5-4-7(13)6(2)15-9/h4-5H,3,14H2,1-2H3,(H,17,18)(H,15,16,19). The lowest BCUT2D eigenvalue weighted by molar-refractivity contribution is 0.102. The van der Waals surface area contributed by atoms with Crippen molar-refractivity contribution in [1.29, 1.82) is 0 Å². The molecule has 0 fully saturated rings. The van der Waals surface area contributed by atoms with E-state index in [0.717, 1.165) is 15.9 Å². The molecule has 2 aromatic rings. The molecule has 6 nitrogen and oxygen atoms in total. The van der Waals surface area contributed by atoms with Gasteiger partial charge in [0.25, 0.3) is 5.91 Å². The van der Waals surface area contributed by atoms with E-state index in [1.54, 1.807) is 6.07 Å². The highest BCUT2D eigenvalue weighted by atomic mass is 79.9. The van der Waals surface area contributed by atoms with E-state index < -0.39 is 0 Å². The Kier molecular flexibility index (Phi) is 3.84. The van der Waals surface area contributed by atoms with Gasteiger partial charge in [0.2, 0.25) is 0 Å². The van der Waals surface area contributed by atoms with Crippen LogP contribution in [0.25, 0.3) is 0 Å². The normalized spacial score (nSPS) is 10.5. The van der Waals surface area contributed by atoms with Crippen molar-refractivity contribution >= 4 is 33.3 Å². The number of amides is 1. The third-order valence-corrected chi connectivity index (χ3v) is 3.55. The van der Waals surface area contributed by atoms with E-state index in [2.05, 4.69) is 36.4 Å². The number of aromatic nitrogens is 3. The molecule has 2 rings (SSSR count). The number of nitrogens with one attached hydrogen (secondary N) is 2. The highest BCUT2D eigenvalue weighted by Gasteiger charge is 2.17. The number of halogens is 1. The molecule has 0 radical (unpaired) electrons. The number of anilines is 2. The van der Waals surface area contributed by atoms with Gasteiger partial charge in [-0.3, -0.25) is 9.89 Å². The predicted octanol–water partition coefficient (Wildman–Crippen LogP) is 2.27. The number of hydrogen-bond donors (Lipinski definition) is 3. The van der Waals surface area contributed by atoms with Gasteiger partial charge in [0.05, 0.1) is 17.1 Å².